The maximum absolute atomic E-state index is 11.8. The number of thiazole rings is 1. The number of para-hydroxylation sites is 1. The Morgan fingerprint density at radius 3 is 3.16 bits per heavy atom. The van der Waals surface area contributed by atoms with Crippen molar-refractivity contribution in [3.8, 4) is 0 Å². The molecular formula is C13H11N3OS2. The lowest BCUT2D eigenvalue weighted by molar-refractivity contribution is -0.113. The van der Waals surface area contributed by atoms with Gasteiger partial charge in [-0.3, -0.25) is 4.79 Å². The fourth-order valence-corrected chi connectivity index (χ4v) is 3.13. The van der Waals surface area contributed by atoms with Crippen LogP contribution in [0.15, 0.2) is 46.9 Å². The molecule has 4 nitrogen and oxygen atoms in total. The number of benzene rings is 1. The van der Waals surface area contributed by atoms with Crippen LogP contribution in [-0.2, 0) is 4.79 Å². The van der Waals surface area contributed by atoms with Crippen molar-refractivity contribution in [1.29, 1.82) is 0 Å². The van der Waals surface area contributed by atoms with Crippen LogP contribution >= 0.6 is 23.1 Å². The van der Waals surface area contributed by atoms with E-state index in [9.17, 15) is 4.79 Å². The summed E-state index contributed by atoms with van der Waals surface area (Å²) in [6.45, 7) is 0. The molecule has 0 atom stereocenters. The maximum atomic E-state index is 11.8. The predicted octanol–water partition coefficient (Wildman–Crippen LogP) is 3.36. The van der Waals surface area contributed by atoms with Crippen molar-refractivity contribution in [2.24, 2.45) is 0 Å². The summed E-state index contributed by atoms with van der Waals surface area (Å²) in [6.07, 6.45) is 3.61. The quantitative estimate of drug-likeness (QED) is 0.724. The van der Waals surface area contributed by atoms with Crippen molar-refractivity contribution in [1.82, 2.24) is 9.97 Å². The molecule has 96 valence electrons. The smallest absolute Gasteiger partial charge is 0.236 e. The van der Waals surface area contributed by atoms with Gasteiger partial charge in [0.05, 0.1) is 5.75 Å². The third-order valence-electron chi connectivity index (χ3n) is 2.59. The number of anilines is 1. The fraction of sp³-hybridized carbons (Fsp3) is 0.0769. The zero-order valence-corrected chi connectivity index (χ0v) is 11.6. The maximum Gasteiger partial charge on any atom is 0.236 e. The molecule has 2 aromatic heterocycles. The van der Waals surface area contributed by atoms with Crippen LogP contribution in [0.4, 0.5) is 5.13 Å². The van der Waals surface area contributed by atoms with E-state index in [1.807, 2.05) is 35.8 Å². The van der Waals surface area contributed by atoms with Gasteiger partial charge in [-0.1, -0.05) is 18.2 Å². The molecule has 19 heavy (non-hydrogen) atoms. The number of hydrogen-bond donors (Lipinski definition) is 2. The van der Waals surface area contributed by atoms with Crippen LogP contribution in [0, 0.1) is 0 Å². The first-order chi connectivity index (χ1) is 9.33. The Balaban J connectivity index is 1.64. The van der Waals surface area contributed by atoms with Gasteiger partial charge in [0.15, 0.2) is 5.13 Å². The van der Waals surface area contributed by atoms with Crippen LogP contribution in [0.25, 0.3) is 10.9 Å². The Morgan fingerprint density at radius 1 is 1.42 bits per heavy atom. The number of thioether (sulfide) groups is 1. The van der Waals surface area contributed by atoms with E-state index >= 15 is 0 Å². The average molecular weight is 289 g/mol. The summed E-state index contributed by atoms with van der Waals surface area (Å²) >= 11 is 2.94. The lowest BCUT2D eigenvalue weighted by Crippen LogP contribution is -2.13. The second kappa shape index (κ2) is 5.46. The third-order valence-corrected chi connectivity index (χ3v) is 4.33. The highest BCUT2D eigenvalue weighted by Crippen LogP contribution is 2.27. The first-order valence-corrected chi connectivity index (χ1v) is 7.58. The predicted molar refractivity (Wildman–Crippen MR) is 79.8 cm³/mol. The molecule has 3 aromatic rings. The third kappa shape index (κ3) is 2.80. The summed E-state index contributed by atoms with van der Waals surface area (Å²) in [5.74, 6) is 0.340. The number of rotatable bonds is 4. The number of aromatic amines is 1. The highest BCUT2D eigenvalue weighted by molar-refractivity contribution is 8.00. The molecule has 0 unspecified atom stereocenters. The van der Waals surface area contributed by atoms with E-state index in [4.69, 9.17) is 0 Å². The highest BCUT2D eigenvalue weighted by Gasteiger charge is 2.08. The van der Waals surface area contributed by atoms with Gasteiger partial charge in [0.25, 0.3) is 0 Å². The molecule has 0 saturated carbocycles. The normalized spacial score (nSPS) is 10.7. The van der Waals surface area contributed by atoms with Crippen LogP contribution in [0.5, 0.6) is 0 Å². The largest absolute Gasteiger partial charge is 0.360 e. The molecule has 3 rings (SSSR count). The van der Waals surface area contributed by atoms with Gasteiger partial charge in [-0.2, -0.15) is 0 Å². The van der Waals surface area contributed by atoms with Gasteiger partial charge in [0.1, 0.15) is 0 Å². The first-order valence-electron chi connectivity index (χ1n) is 5.71. The number of carbonyl (C=O) groups excluding carboxylic acids is 1. The summed E-state index contributed by atoms with van der Waals surface area (Å²) < 4.78 is 0. The molecule has 2 N–H and O–H groups in total. The van der Waals surface area contributed by atoms with Gasteiger partial charge in [0.2, 0.25) is 5.91 Å². The number of hydrogen-bond acceptors (Lipinski definition) is 4. The molecule has 0 aliphatic rings. The number of aromatic nitrogens is 2. The summed E-state index contributed by atoms with van der Waals surface area (Å²) in [4.78, 5) is 20.1. The molecule has 0 aliphatic carbocycles. The summed E-state index contributed by atoms with van der Waals surface area (Å²) in [6, 6.07) is 8.06. The minimum atomic E-state index is -0.0368. The van der Waals surface area contributed by atoms with Gasteiger partial charge >= 0.3 is 0 Å². The van der Waals surface area contributed by atoms with Crippen LogP contribution in [0.3, 0.4) is 0 Å². The molecule has 0 spiro atoms. The Bertz CT molecular complexity index is 691. The van der Waals surface area contributed by atoms with E-state index in [0.717, 1.165) is 15.8 Å². The summed E-state index contributed by atoms with van der Waals surface area (Å²) in [5, 5.41) is 6.40. The van der Waals surface area contributed by atoms with Crippen LogP contribution in [-0.4, -0.2) is 21.6 Å². The number of nitrogens with zero attached hydrogens (tertiary/aromatic N) is 1. The second-order valence-corrected chi connectivity index (χ2v) is 5.78. The van der Waals surface area contributed by atoms with E-state index in [2.05, 4.69) is 15.3 Å². The zero-order chi connectivity index (χ0) is 13.1. The minimum absolute atomic E-state index is 0.0368. The van der Waals surface area contributed by atoms with Crippen LogP contribution in [0.1, 0.15) is 0 Å². The standard InChI is InChI=1S/C13H11N3OS2/c17-12(16-13-14-5-6-18-13)8-19-11-7-15-10-4-2-1-3-9(10)11/h1-7,15H,8H2,(H,14,16,17). The SMILES string of the molecule is O=C(CSc1c[nH]c2ccccc12)Nc1nccs1. The Kier molecular flexibility index (Phi) is 3.52. The van der Waals surface area contributed by atoms with Gasteiger partial charge in [-0.05, 0) is 6.07 Å². The summed E-state index contributed by atoms with van der Waals surface area (Å²) in [7, 11) is 0. The first kappa shape index (κ1) is 12.3. The van der Waals surface area contributed by atoms with Gasteiger partial charge in [-0.25, -0.2) is 4.98 Å². The molecule has 1 amide bonds. The number of fused-ring (bicyclic) bond motifs is 1. The minimum Gasteiger partial charge on any atom is -0.360 e. The number of carbonyl (C=O) groups is 1. The Morgan fingerprint density at radius 2 is 2.32 bits per heavy atom. The number of amides is 1. The lowest BCUT2D eigenvalue weighted by Gasteiger charge is -2.01. The monoisotopic (exact) mass is 289 g/mol. The number of H-pyrrole nitrogens is 1. The van der Waals surface area contributed by atoms with E-state index in [-0.39, 0.29) is 5.91 Å². The van der Waals surface area contributed by atoms with Gasteiger partial charge < -0.3 is 10.3 Å². The molecule has 2 heterocycles. The van der Waals surface area contributed by atoms with Crippen molar-refractivity contribution in [3.05, 3.63) is 42.0 Å². The van der Waals surface area contributed by atoms with Gasteiger partial charge in [-0.15, -0.1) is 23.1 Å². The molecule has 0 bridgehead atoms. The summed E-state index contributed by atoms with van der Waals surface area (Å²) in [5.41, 5.74) is 1.09. The van der Waals surface area contributed by atoms with E-state index in [1.165, 1.54) is 23.1 Å². The Labute approximate surface area is 118 Å². The van der Waals surface area contributed by atoms with Gasteiger partial charge in [0, 0.05) is 33.6 Å². The topological polar surface area (TPSA) is 57.8 Å². The van der Waals surface area contributed by atoms with Crippen molar-refractivity contribution < 1.29 is 4.79 Å². The van der Waals surface area contributed by atoms with Crippen molar-refractivity contribution >= 4 is 45.0 Å². The van der Waals surface area contributed by atoms with Crippen LogP contribution < -0.4 is 5.32 Å². The second-order valence-electron chi connectivity index (χ2n) is 3.87. The lowest BCUT2D eigenvalue weighted by atomic mass is 10.2. The molecular weight excluding hydrogens is 278 g/mol. The molecule has 0 saturated heterocycles. The molecule has 0 aliphatic heterocycles. The molecule has 1 aromatic carbocycles. The highest BCUT2D eigenvalue weighted by atomic mass is 32.2. The van der Waals surface area contributed by atoms with Crippen molar-refractivity contribution in [2.45, 2.75) is 4.90 Å². The average Bonchev–Trinajstić information content (AvgIpc) is 3.05. The van der Waals surface area contributed by atoms with E-state index in [0.29, 0.717) is 10.9 Å². The Hall–Kier alpha value is -1.79. The van der Waals surface area contributed by atoms with Crippen LogP contribution in [0.2, 0.25) is 0 Å². The molecule has 0 fully saturated rings. The zero-order valence-electron chi connectivity index (χ0n) is 9.92. The van der Waals surface area contributed by atoms with Crippen molar-refractivity contribution in [2.75, 3.05) is 11.1 Å². The molecule has 0 radical (unpaired) electrons. The van der Waals surface area contributed by atoms with Crippen molar-refractivity contribution in [3.63, 3.8) is 0 Å². The number of nitrogens with one attached hydrogen (secondary N) is 2. The van der Waals surface area contributed by atoms with E-state index in [1.54, 1.807) is 6.20 Å². The van der Waals surface area contributed by atoms with E-state index < -0.39 is 0 Å². The fourth-order valence-electron chi connectivity index (χ4n) is 1.75. The molecule has 6 heteroatoms.